The van der Waals surface area contributed by atoms with Crippen molar-refractivity contribution in [2.75, 3.05) is 0 Å². The van der Waals surface area contributed by atoms with Crippen LogP contribution in [0.1, 0.15) is 5.56 Å². The second kappa shape index (κ2) is 3.67. The first-order chi connectivity index (χ1) is 6.66. The summed E-state index contributed by atoms with van der Waals surface area (Å²) in [7, 11) is 0. The molecule has 0 unspecified atom stereocenters. The highest BCUT2D eigenvalue weighted by molar-refractivity contribution is 9.10. The molecule has 0 saturated carbocycles. The van der Waals surface area contributed by atoms with Crippen molar-refractivity contribution < 1.29 is 0 Å². The molecule has 2 rings (SSSR count). The third-order valence-electron chi connectivity index (χ3n) is 1.88. The fourth-order valence-electron chi connectivity index (χ4n) is 1.22. The van der Waals surface area contributed by atoms with Crippen LogP contribution in [0, 0.1) is 11.7 Å². The van der Waals surface area contributed by atoms with E-state index in [-0.39, 0.29) is 0 Å². The van der Waals surface area contributed by atoms with Crippen LogP contribution in [0.5, 0.6) is 0 Å². The van der Waals surface area contributed by atoms with Gasteiger partial charge in [-0.25, -0.2) is 0 Å². The smallest absolute Gasteiger partial charge is 0.213 e. The van der Waals surface area contributed by atoms with E-state index in [0.29, 0.717) is 4.77 Å². The number of hydrogen-bond donors (Lipinski definition) is 2. The zero-order chi connectivity index (χ0) is 10.1. The predicted molar refractivity (Wildman–Crippen MR) is 61.6 cm³/mol. The van der Waals surface area contributed by atoms with Crippen molar-refractivity contribution in [1.29, 1.82) is 0 Å². The van der Waals surface area contributed by atoms with Gasteiger partial charge in [0, 0.05) is 10.0 Å². The molecule has 1 aromatic heterocycles. The fraction of sp³-hybridized carbons (Fsp3) is 0.111. The molecule has 0 spiro atoms. The van der Waals surface area contributed by atoms with Gasteiger partial charge in [0.1, 0.15) is 0 Å². The number of halogens is 1. The van der Waals surface area contributed by atoms with Gasteiger partial charge in [0.2, 0.25) is 4.77 Å². The summed E-state index contributed by atoms with van der Waals surface area (Å²) in [6.45, 7) is 2.04. The molecule has 0 fully saturated rings. The Labute approximate surface area is 94.7 Å². The number of nitrogens with one attached hydrogen (secondary N) is 2. The average molecular weight is 270 g/mol. The van der Waals surface area contributed by atoms with Crippen LogP contribution in [-0.2, 0) is 0 Å². The van der Waals surface area contributed by atoms with E-state index in [9.17, 15) is 0 Å². The summed E-state index contributed by atoms with van der Waals surface area (Å²) >= 11 is 8.36. The third kappa shape index (κ3) is 1.78. The second-order valence-electron chi connectivity index (χ2n) is 3.00. The number of aromatic nitrogens is 3. The standard InChI is InChI=1S/C9H8BrN3S/c1-5-2-3-7(10)6(4-5)8-11-9(14)13-12-8/h2-4H,1H3,(H2,11,12,13,14). The van der Waals surface area contributed by atoms with Crippen molar-refractivity contribution in [3.8, 4) is 11.4 Å². The molecule has 2 aromatic rings. The highest BCUT2D eigenvalue weighted by Crippen LogP contribution is 2.25. The van der Waals surface area contributed by atoms with Gasteiger partial charge in [-0.15, -0.1) is 0 Å². The Morgan fingerprint density at radius 1 is 1.36 bits per heavy atom. The summed E-state index contributed by atoms with van der Waals surface area (Å²) < 4.78 is 1.47. The molecule has 72 valence electrons. The maximum absolute atomic E-state index is 4.90. The molecule has 0 aliphatic rings. The zero-order valence-electron chi connectivity index (χ0n) is 7.47. The molecule has 0 aliphatic carbocycles. The number of aromatic amines is 2. The van der Waals surface area contributed by atoms with E-state index in [1.807, 2.05) is 25.1 Å². The van der Waals surface area contributed by atoms with Crippen LogP contribution in [0.25, 0.3) is 11.4 Å². The lowest BCUT2D eigenvalue weighted by molar-refractivity contribution is 1.08. The van der Waals surface area contributed by atoms with Gasteiger partial charge in [0.05, 0.1) is 0 Å². The van der Waals surface area contributed by atoms with Crippen molar-refractivity contribution in [2.45, 2.75) is 6.92 Å². The lowest BCUT2D eigenvalue weighted by Gasteiger charge is -2.01. The lowest BCUT2D eigenvalue weighted by Crippen LogP contribution is -1.84. The molecule has 5 heteroatoms. The van der Waals surface area contributed by atoms with Crippen LogP contribution < -0.4 is 0 Å². The van der Waals surface area contributed by atoms with Crippen LogP contribution in [0.2, 0.25) is 0 Å². The van der Waals surface area contributed by atoms with Crippen LogP contribution >= 0.6 is 28.1 Å². The zero-order valence-corrected chi connectivity index (χ0v) is 9.87. The lowest BCUT2D eigenvalue weighted by atomic mass is 10.1. The fourth-order valence-corrected chi connectivity index (χ4v) is 1.79. The normalized spacial score (nSPS) is 10.4. The molecule has 3 nitrogen and oxygen atoms in total. The molecule has 2 N–H and O–H groups in total. The molecular weight excluding hydrogens is 262 g/mol. The summed E-state index contributed by atoms with van der Waals surface area (Å²) in [5.74, 6) is 0.755. The molecule has 0 saturated heterocycles. The molecule has 14 heavy (non-hydrogen) atoms. The maximum atomic E-state index is 4.90. The molecule has 1 aromatic carbocycles. The minimum atomic E-state index is 0.466. The first kappa shape index (κ1) is 9.61. The van der Waals surface area contributed by atoms with E-state index in [1.165, 1.54) is 5.56 Å². The number of rotatable bonds is 1. The van der Waals surface area contributed by atoms with Crippen LogP contribution in [0.4, 0.5) is 0 Å². The quantitative estimate of drug-likeness (QED) is 0.781. The van der Waals surface area contributed by atoms with E-state index in [2.05, 4.69) is 31.1 Å². The monoisotopic (exact) mass is 269 g/mol. The third-order valence-corrected chi connectivity index (χ3v) is 2.76. The van der Waals surface area contributed by atoms with E-state index < -0.39 is 0 Å². The van der Waals surface area contributed by atoms with Crippen molar-refractivity contribution in [3.63, 3.8) is 0 Å². The van der Waals surface area contributed by atoms with Gasteiger partial charge in [-0.05, 0) is 31.3 Å². The van der Waals surface area contributed by atoms with Gasteiger partial charge in [0.25, 0.3) is 0 Å². The first-order valence-corrected chi connectivity index (χ1v) is 5.28. The topological polar surface area (TPSA) is 44.5 Å². The number of benzene rings is 1. The van der Waals surface area contributed by atoms with E-state index in [0.717, 1.165) is 15.9 Å². The first-order valence-electron chi connectivity index (χ1n) is 4.08. The Bertz CT molecular complexity index is 515. The van der Waals surface area contributed by atoms with E-state index in [4.69, 9.17) is 12.2 Å². The number of hydrogen-bond acceptors (Lipinski definition) is 2. The molecule has 0 radical (unpaired) electrons. The van der Waals surface area contributed by atoms with Gasteiger partial charge in [0.15, 0.2) is 5.82 Å². The van der Waals surface area contributed by atoms with E-state index in [1.54, 1.807) is 0 Å². The number of H-pyrrole nitrogens is 2. The Balaban J connectivity index is 2.61. The van der Waals surface area contributed by atoms with Gasteiger partial charge in [-0.2, -0.15) is 4.98 Å². The van der Waals surface area contributed by atoms with Gasteiger partial charge >= 0.3 is 0 Å². The summed E-state index contributed by atoms with van der Waals surface area (Å²) in [6, 6.07) is 6.08. The SMILES string of the molecule is Cc1ccc(Br)c(-c2nc(=S)[nH][nH]2)c1. The summed E-state index contributed by atoms with van der Waals surface area (Å²) in [5.41, 5.74) is 2.20. The summed E-state index contributed by atoms with van der Waals surface area (Å²) in [4.78, 5) is 4.16. The van der Waals surface area contributed by atoms with E-state index >= 15 is 0 Å². The van der Waals surface area contributed by atoms with Crippen molar-refractivity contribution in [3.05, 3.63) is 33.0 Å². The summed E-state index contributed by atoms with van der Waals surface area (Å²) in [6.07, 6.45) is 0. The molecular formula is C9H8BrN3S. The largest absolute Gasteiger partial charge is 0.282 e. The average Bonchev–Trinajstić information content (AvgIpc) is 2.56. The Morgan fingerprint density at radius 2 is 2.14 bits per heavy atom. The minimum Gasteiger partial charge on any atom is -0.282 e. The summed E-state index contributed by atoms with van der Waals surface area (Å²) in [5, 5.41) is 5.69. The second-order valence-corrected chi connectivity index (χ2v) is 4.24. The highest BCUT2D eigenvalue weighted by Gasteiger charge is 2.05. The predicted octanol–water partition coefficient (Wildman–Crippen LogP) is 3.21. The Kier molecular flexibility index (Phi) is 2.52. The maximum Gasteiger partial charge on any atom is 0.213 e. The van der Waals surface area contributed by atoms with Crippen LogP contribution in [-0.4, -0.2) is 15.2 Å². The molecule has 1 heterocycles. The van der Waals surface area contributed by atoms with Gasteiger partial charge in [-0.1, -0.05) is 27.6 Å². The minimum absolute atomic E-state index is 0.466. The van der Waals surface area contributed by atoms with Crippen molar-refractivity contribution in [1.82, 2.24) is 15.2 Å². The number of nitrogens with zero attached hydrogens (tertiary/aromatic N) is 1. The molecule has 0 amide bonds. The molecule has 0 atom stereocenters. The van der Waals surface area contributed by atoms with Gasteiger partial charge in [-0.3, -0.25) is 10.2 Å². The highest BCUT2D eigenvalue weighted by atomic mass is 79.9. The van der Waals surface area contributed by atoms with Crippen LogP contribution in [0.15, 0.2) is 22.7 Å². The van der Waals surface area contributed by atoms with Crippen LogP contribution in [0.3, 0.4) is 0 Å². The Morgan fingerprint density at radius 3 is 2.79 bits per heavy atom. The van der Waals surface area contributed by atoms with Gasteiger partial charge < -0.3 is 0 Å². The van der Waals surface area contributed by atoms with Crippen molar-refractivity contribution in [2.24, 2.45) is 0 Å². The molecule has 0 aliphatic heterocycles. The molecule has 0 bridgehead atoms. The van der Waals surface area contributed by atoms with Crippen molar-refractivity contribution >= 4 is 28.1 Å². The Hall–Kier alpha value is -0.940. The number of aryl methyl sites for hydroxylation is 1.